The van der Waals surface area contributed by atoms with Crippen molar-refractivity contribution >= 4 is 11.8 Å². The largest absolute Gasteiger partial charge is 0.374 e. The lowest BCUT2D eigenvalue weighted by Gasteiger charge is -2.43. The number of hydrogen-bond donors (Lipinski definition) is 1. The molecule has 0 amide bonds. The Morgan fingerprint density at radius 1 is 1.32 bits per heavy atom. The molecule has 2 nitrogen and oxygen atoms in total. The Hall–Kier alpha value is 0.270. The molecule has 1 saturated carbocycles. The van der Waals surface area contributed by atoms with Crippen molar-refractivity contribution in [2.45, 2.75) is 57.1 Å². The van der Waals surface area contributed by atoms with Crippen LogP contribution in [0.15, 0.2) is 0 Å². The molecule has 0 aromatic rings. The fraction of sp³-hybridized carbons (Fsp3) is 1.00. The van der Waals surface area contributed by atoms with Gasteiger partial charge in [-0.25, -0.2) is 0 Å². The van der Waals surface area contributed by atoms with Gasteiger partial charge in [-0.05, 0) is 56.2 Å². The van der Waals surface area contributed by atoms with Crippen LogP contribution in [0.3, 0.4) is 0 Å². The van der Waals surface area contributed by atoms with Crippen molar-refractivity contribution in [3.63, 3.8) is 0 Å². The van der Waals surface area contributed by atoms with E-state index in [0.717, 1.165) is 30.4 Å². The second kappa shape index (κ2) is 5.95. The Balaban J connectivity index is 1.68. The van der Waals surface area contributed by atoms with Crippen LogP contribution in [0.1, 0.15) is 45.4 Å². The Morgan fingerprint density at radius 2 is 2.21 bits per heavy atom. The van der Waals surface area contributed by atoms with Crippen LogP contribution in [-0.4, -0.2) is 36.8 Å². The molecule has 19 heavy (non-hydrogen) atoms. The van der Waals surface area contributed by atoms with Gasteiger partial charge >= 0.3 is 0 Å². The summed E-state index contributed by atoms with van der Waals surface area (Å²) in [5, 5.41) is 3.69. The van der Waals surface area contributed by atoms with E-state index in [1.165, 1.54) is 50.0 Å². The van der Waals surface area contributed by atoms with Gasteiger partial charge in [0.05, 0.1) is 5.60 Å². The number of hydrogen-bond acceptors (Lipinski definition) is 3. The summed E-state index contributed by atoms with van der Waals surface area (Å²) < 4.78 is 6.19. The molecule has 0 aromatic carbocycles. The van der Waals surface area contributed by atoms with Gasteiger partial charge in [-0.15, -0.1) is 0 Å². The minimum absolute atomic E-state index is 0.241. The minimum atomic E-state index is 0.241. The summed E-state index contributed by atoms with van der Waals surface area (Å²) in [5.41, 5.74) is 0.241. The van der Waals surface area contributed by atoms with Crippen LogP contribution in [0.4, 0.5) is 0 Å². The summed E-state index contributed by atoms with van der Waals surface area (Å²) in [5.74, 6) is 5.19. The van der Waals surface area contributed by atoms with E-state index in [1.54, 1.807) is 0 Å². The van der Waals surface area contributed by atoms with Crippen molar-refractivity contribution in [3.8, 4) is 0 Å². The molecule has 2 aliphatic heterocycles. The lowest BCUT2D eigenvalue weighted by Crippen LogP contribution is -2.49. The standard InChI is InChI=1S/C16H29NOS/c1-12-4-3-5-14(12)15(17-2)13-6-8-18-16(10-13)7-9-19-11-16/h12-15,17H,3-11H2,1-2H3. The molecule has 5 atom stereocenters. The van der Waals surface area contributed by atoms with Gasteiger partial charge in [0.2, 0.25) is 0 Å². The zero-order valence-electron chi connectivity index (χ0n) is 12.5. The number of thioether (sulfide) groups is 1. The lowest BCUT2D eigenvalue weighted by atomic mass is 9.74. The van der Waals surface area contributed by atoms with E-state index in [2.05, 4.69) is 31.1 Å². The Bertz CT molecular complexity index is 303. The first-order valence-electron chi connectivity index (χ1n) is 8.13. The lowest BCUT2D eigenvalue weighted by molar-refractivity contribution is -0.0888. The molecule has 3 rings (SSSR count). The van der Waals surface area contributed by atoms with Crippen LogP contribution in [0.5, 0.6) is 0 Å². The van der Waals surface area contributed by atoms with Crippen LogP contribution in [0.2, 0.25) is 0 Å². The van der Waals surface area contributed by atoms with Crippen LogP contribution in [-0.2, 0) is 4.74 Å². The van der Waals surface area contributed by atoms with E-state index in [1.807, 2.05) is 0 Å². The Labute approximate surface area is 122 Å². The van der Waals surface area contributed by atoms with Gasteiger partial charge in [-0.3, -0.25) is 0 Å². The quantitative estimate of drug-likeness (QED) is 0.858. The fourth-order valence-electron chi connectivity index (χ4n) is 4.74. The van der Waals surface area contributed by atoms with Crippen molar-refractivity contribution in [1.29, 1.82) is 0 Å². The van der Waals surface area contributed by atoms with Gasteiger partial charge < -0.3 is 10.1 Å². The topological polar surface area (TPSA) is 21.3 Å². The fourth-order valence-corrected chi connectivity index (χ4v) is 6.12. The molecule has 5 unspecified atom stereocenters. The highest BCUT2D eigenvalue weighted by atomic mass is 32.2. The van der Waals surface area contributed by atoms with Crippen LogP contribution < -0.4 is 5.32 Å². The molecule has 3 fully saturated rings. The van der Waals surface area contributed by atoms with Gasteiger partial charge in [-0.2, -0.15) is 11.8 Å². The third-order valence-electron chi connectivity index (χ3n) is 5.83. The molecule has 0 radical (unpaired) electrons. The Kier molecular flexibility index (Phi) is 4.45. The van der Waals surface area contributed by atoms with Crippen LogP contribution in [0.25, 0.3) is 0 Å². The summed E-state index contributed by atoms with van der Waals surface area (Å²) in [6.45, 7) is 3.45. The van der Waals surface area contributed by atoms with Gasteiger partial charge in [-0.1, -0.05) is 19.8 Å². The maximum Gasteiger partial charge on any atom is 0.0783 e. The van der Waals surface area contributed by atoms with Crippen molar-refractivity contribution in [3.05, 3.63) is 0 Å². The molecule has 2 saturated heterocycles. The maximum atomic E-state index is 6.19. The van der Waals surface area contributed by atoms with Crippen molar-refractivity contribution < 1.29 is 4.74 Å². The molecule has 3 aliphatic rings. The summed E-state index contributed by atoms with van der Waals surface area (Å²) in [6.07, 6.45) is 8.16. The zero-order valence-corrected chi connectivity index (χ0v) is 13.3. The summed E-state index contributed by atoms with van der Waals surface area (Å²) in [7, 11) is 2.18. The molecule has 2 heterocycles. The molecule has 1 N–H and O–H groups in total. The predicted octanol–water partition coefficient (Wildman–Crippen LogP) is 3.31. The van der Waals surface area contributed by atoms with Crippen LogP contribution >= 0.6 is 11.8 Å². The average molecular weight is 283 g/mol. The van der Waals surface area contributed by atoms with E-state index < -0.39 is 0 Å². The van der Waals surface area contributed by atoms with Gasteiger partial charge in [0, 0.05) is 18.4 Å². The predicted molar refractivity (Wildman–Crippen MR) is 82.7 cm³/mol. The smallest absolute Gasteiger partial charge is 0.0783 e. The maximum absolute atomic E-state index is 6.19. The van der Waals surface area contributed by atoms with Crippen molar-refractivity contribution in [2.75, 3.05) is 25.2 Å². The Morgan fingerprint density at radius 3 is 2.84 bits per heavy atom. The third-order valence-corrected chi connectivity index (χ3v) is 7.05. The molecule has 0 aromatic heterocycles. The summed E-state index contributed by atoms with van der Waals surface area (Å²) >= 11 is 2.09. The number of rotatable bonds is 3. The molecule has 1 spiro atoms. The molecule has 0 bridgehead atoms. The van der Waals surface area contributed by atoms with E-state index in [9.17, 15) is 0 Å². The number of ether oxygens (including phenoxy) is 1. The van der Waals surface area contributed by atoms with E-state index in [-0.39, 0.29) is 5.60 Å². The molecular weight excluding hydrogens is 254 g/mol. The zero-order chi connectivity index (χ0) is 13.3. The van der Waals surface area contributed by atoms with Crippen molar-refractivity contribution in [1.82, 2.24) is 5.32 Å². The first-order valence-corrected chi connectivity index (χ1v) is 9.28. The second-order valence-electron chi connectivity index (χ2n) is 6.97. The average Bonchev–Trinajstić information content (AvgIpc) is 3.02. The molecular formula is C16H29NOS. The van der Waals surface area contributed by atoms with Crippen LogP contribution in [0, 0.1) is 17.8 Å². The minimum Gasteiger partial charge on any atom is -0.374 e. The third kappa shape index (κ3) is 2.84. The van der Waals surface area contributed by atoms with E-state index in [4.69, 9.17) is 4.74 Å². The van der Waals surface area contributed by atoms with Crippen molar-refractivity contribution in [2.24, 2.45) is 17.8 Å². The SMILES string of the molecule is CNC(C1CCOC2(CCSC2)C1)C1CCCC1C. The first-order chi connectivity index (χ1) is 9.24. The highest BCUT2D eigenvalue weighted by Gasteiger charge is 2.44. The first kappa shape index (κ1) is 14.2. The molecule has 110 valence electrons. The monoisotopic (exact) mass is 283 g/mol. The van der Waals surface area contributed by atoms with Gasteiger partial charge in [0.1, 0.15) is 0 Å². The number of nitrogens with one attached hydrogen (secondary N) is 1. The summed E-state index contributed by atoms with van der Waals surface area (Å²) in [4.78, 5) is 0. The molecule has 1 aliphatic carbocycles. The van der Waals surface area contributed by atoms with Gasteiger partial charge in [0.15, 0.2) is 0 Å². The summed E-state index contributed by atoms with van der Waals surface area (Å²) in [6, 6.07) is 0.726. The second-order valence-corrected chi connectivity index (χ2v) is 8.08. The van der Waals surface area contributed by atoms with Gasteiger partial charge in [0.25, 0.3) is 0 Å². The normalized spacial score (nSPS) is 44.8. The molecule has 3 heteroatoms. The highest BCUT2D eigenvalue weighted by molar-refractivity contribution is 7.99. The van der Waals surface area contributed by atoms with E-state index in [0.29, 0.717) is 0 Å². The highest BCUT2D eigenvalue weighted by Crippen LogP contribution is 2.44. The van der Waals surface area contributed by atoms with E-state index >= 15 is 0 Å².